The van der Waals surface area contributed by atoms with Crippen molar-refractivity contribution in [3.05, 3.63) is 65.5 Å². The third kappa shape index (κ3) is 4.95. The first kappa shape index (κ1) is 18.6. The highest BCUT2D eigenvalue weighted by Gasteiger charge is 2.27. The minimum atomic E-state index is 0.768. The van der Waals surface area contributed by atoms with E-state index in [0.29, 0.717) is 0 Å². The number of aromatic nitrogens is 1. The lowest BCUT2D eigenvalue weighted by Gasteiger charge is -2.42. The summed E-state index contributed by atoms with van der Waals surface area (Å²) in [7, 11) is 0. The Hall–Kier alpha value is -1.75. The molecule has 1 aromatic carbocycles. The standard InChI is InChI=1S/C23H32N4/c1-20-6-5-11-24-23(20)19-25-12-9-22(10-13-25)27-16-14-26(15-17-27)18-21-7-3-2-4-8-21/h2-8,11,22H,9-10,12-19H2,1H3. The molecule has 0 unspecified atom stereocenters. The van der Waals surface area contributed by atoms with Crippen molar-refractivity contribution in [2.45, 2.75) is 38.9 Å². The molecule has 0 bridgehead atoms. The van der Waals surface area contributed by atoms with Gasteiger partial charge in [0.15, 0.2) is 0 Å². The van der Waals surface area contributed by atoms with Gasteiger partial charge in [0.1, 0.15) is 0 Å². The number of piperazine rings is 1. The highest BCUT2D eigenvalue weighted by atomic mass is 15.3. The van der Waals surface area contributed by atoms with Crippen molar-refractivity contribution >= 4 is 0 Å². The first-order valence-electron chi connectivity index (χ1n) is 10.4. The summed E-state index contributed by atoms with van der Waals surface area (Å²) < 4.78 is 0. The van der Waals surface area contributed by atoms with Crippen molar-refractivity contribution in [2.24, 2.45) is 0 Å². The molecule has 144 valence electrons. The minimum absolute atomic E-state index is 0.768. The van der Waals surface area contributed by atoms with Crippen molar-refractivity contribution in [1.82, 2.24) is 19.7 Å². The number of benzene rings is 1. The number of hydrogen-bond donors (Lipinski definition) is 0. The molecule has 0 aliphatic carbocycles. The molecule has 0 spiro atoms. The Morgan fingerprint density at radius 2 is 1.52 bits per heavy atom. The van der Waals surface area contributed by atoms with Crippen LogP contribution < -0.4 is 0 Å². The van der Waals surface area contributed by atoms with Crippen LogP contribution in [0.1, 0.15) is 29.7 Å². The molecular formula is C23H32N4. The molecule has 2 saturated heterocycles. The summed E-state index contributed by atoms with van der Waals surface area (Å²) >= 11 is 0. The van der Waals surface area contributed by atoms with E-state index in [0.717, 1.165) is 19.1 Å². The van der Waals surface area contributed by atoms with Crippen LogP contribution in [0.15, 0.2) is 48.7 Å². The van der Waals surface area contributed by atoms with Crippen LogP contribution >= 0.6 is 0 Å². The Balaban J connectivity index is 1.21. The van der Waals surface area contributed by atoms with E-state index in [1.54, 1.807) is 0 Å². The summed E-state index contributed by atoms with van der Waals surface area (Å²) in [5.74, 6) is 0. The van der Waals surface area contributed by atoms with Gasteiger partial charge in [-0.25, -0.2) is 0 Å². The van der Waals surface area contributed by atoms with E-state index in [1.807, 2.05) is 12.3 Å². The zero-order chi connectivity index (χ0) is 18.5. The highest BCUT2D eigenvalue weighted by molar-refractivity contribution is 5.17. The van der Waals surface area contributed by atoms with Gasteiger partial charge in [0, 0.05) is 64.6 Å². The maximum Gasteiger partial charge on any atom is 0.0573 e. The Kier molecular flexibility index (Phi) is 6.17. The summed E-state index contributed by atoms with van der Waals surface area (Å²) in [6.45, 7) is 11.5. The van der Waals surface area contributed by atoms with Crippen molar-refractivity contribution < 1.29 is 0 Å². The number of likely N-dealkylation sites (tertiary alicyclic amines) is 1. The molecule has 0 atom stereocenters. The van der Waals surface area contributed by atoms with Gasteiger partial charge in [0.05, 0.1) is 5.69 Å². The highest BCUT2D eigenvalue weighted by Crippen LogP contribution is 2.20. The second kappa shape index (κ2) is 8.96. The van der Waals surface area contributed by atoms with E-state index in [4.69, 9.17) is 0 Å². The van der Waals surface area contributed by atoms with E-state index in [2.05, 4.69) is 63.0 Å². The predicted octanol–water partition coefficient (Wildman–Crippen LogP) is 3.17. The van der Waals surface area contributed by atoms with Crippen molar-refractivity contribution in [3.63, 3.8) is 0 Å². The topological polar surface area (TPSA) is 22.6 Å². The fourth-order valence-electron chi connectivity index (χ4n) is 4.47. The molecule has 4 heteroatoms. The lowest BCUT2D eigenvalue weighted by Crippen LogP contribution is -2.52. The summed E-state index contributed by atoms with van der Waals surface area (Å²) in [5, 5.41) is 0. The van der Waals surface area contributed by atoms with Gasteiger partial charge in [-0.3, -0.25) is 19.7 Å². The van der Waals surface area contributed by atoms with Crippen LogP contribution in [0.3, 0.4) is 0 Å². The van der Waals surface area contributed by atoms with E-state index in [-0.39, 0.29) is 0 Å². The average Bonchev–Trinajstić information content (AvgIpc) is 2.72. The number of aryl methyl sites for hydroxylation is 1. The zero-order valence-corrected chi connectivity index (χ0v) is 16.6. The van der Waals surface area contributed by atoms with Gasteiger partial charge >= 0.3 is 0 Å². The molecule has 2 aliphatic rings. The molecule has 4 rings (SSSR count). The molecule has 0 amide bonds. The molecule has 1 aromatic heterocycles. The number of pyridine rings is 1. The van der Waals surface area contributed by atoms with E-state index in [1.165, 1.54) is 68.9 Å². The number of nitrogens with zero attached hydrogens (tertiary/aromatic N) is 4. The Morgan fingerprint density at radius 1 is 0.815 bits per heavy atom. The fourth-order valence-corrected chi connectivity index (χ4v) is 4.47. The summed E-state index contributed by atoms with van der Waals surface area (Å²) in [4.78, 5) is 12.5. The number of rotatable bonds is 5. The Morgan fingerprint density at radius 3 is 2.22 bits per heavy atom. The van der Waals surface area contributed by atoms with E-state index >= 15 is 0 Å². The van der Waals surface area contributed by atoms with Crippen molar-refractivity contribution in [3.8, 4) is 0 Å². The van der Waals surface area contributed by atoms with Crippen LogP contribution in [0.4, 0.5) is 0 Å². The van der Waals surface area contributed by atoms with E-state index in [9.17, 15) is 0 Å². The summed E-state index contributed by atoms with van der Waals surface area (Å²) in [6.07, 6.45) is 4.51. The second-order valence-electron chi connectivity index (χ2n) is 8.07. The van der Waals surface area contributed by atoms with Crippen LogP contribution in [-0.2, 0) is 13.1 Å². The molecular weight excluding hydrogens is 332 g/mol. The van der Waals surface area contributed by atoms with E-state index < -0.39 is 0 Å². The molecule has 0 saturated carbocycles. The van der Waals surface area contributed by atoms with Gasteiger partial charge in [0.25, 0.3) is 0 Å². The average molecular weight is 365 g/mol. The van der Waals surface area contributed by atoms with Gasteiger partial charge < -0.3 is 0 Å². The van der Waals surface area contributed by atoms with Crippen molar-refractivity contribution in [2.75, 3.05) is 39.3 Å². The minimum Gasteiger partial charge on any atom is -0.298 e. The first-order valence-corrected chi connectivity index (χ1v) is 10.4. The molecule has 0 N–H and O–H groups in total. The molecule has 4 nitrogen and oxygen atoms in total. The normalized spacial score (nSPS) is 20.8. The van der Waals surface area contributed by atoms with Crippen molar-refractivity contribution in [1.29, 1.82) is 0 Å². The van der Waals surface area contributed by atoms with Crippen LogP contribution in [0, 0.1) is 6.92 Å². The molecule has 27 heavy (non-hydrogen) atoms. The van der Waals surface area contributed by atoms with Gasteiger partial charge in [-0.05, 0) is 37.0 Å². The van der Waals surface area contributed by atoms with Gasteiger partial charge in [-0.1, -0.05) is 36.4 Å². The first-order chi connectivity index (χ1) is 13.3. The molecule has 2 aliphatic heterocycles. The van der Waals surface area contributed by atoms with Gasteiger partial charge in [-0.15, -0.1) is 0 Å². The Bertz CT molecular complexity index is 701. The smallest absolute Gasteiger partial charge is 0.0573 e. The third-order valence-corrected chi connectivity index (χ3v) is 6.22. The number of hydrogen-bond acceptors (Lipinski definition) is 4. The largest absolute Gasteiger partial charge is 0.298 e. The molecule has 2 aromatic rings. The van der Waals surface area contributed by atoms with Gasteiger partial charge in [0.2, 0.25) is 0 Å². The molecule has 3 heterocycles. The summed E-state index contributed by atoms with van der Waals surface area (Å²) in [5.41, 5.74) is 3.99. The van der Waals surface area contributed by atoms with Crippen LogP contribution in [-0.4, -0.2) is 65.0 Å². The molecule has 2 fully saturated rings. The number of piperidine rings is 1. The predicted molar refractivity (Wildman–Crippen MR) is 111 cm³/mol. The maximum atomic E-state index is 4.57. The van der Waals surface area contributed by atoms with Crippen LogP contribution in [0.5, 0.6) is 0 Å². The SMILES string of the molecule is Cc1cccnc1CN1CCC(N2CCN(Cc3ccccc3)CC2)CC1. The third-order valence-electron chi connectivity index (χ3n) is 6.22. The summed E-state index contributed by atoms with van der Waals surface area (Å²) in [6, 6.07) is 15.8. The lowest BCUT2D eigenvalue weighted by molar-refractivity contribution is 0.0547. The van der Waals surface area contributed by atoms with Crippen LogP contribution in [0.2, 0.25) is 0 Å². The fraction of sp³-hybridized carbons (Fsp3) is 0.522. The second-order valence-corrected chi connectivity index (χ2v) is 8.07. The lowest BCUT2D eigenvalue weighted by atomic mass is 10.0. The Labute approximate surface area is 163 Å². The maximum absolute atomic E-state index is 4.57. The molecule has 0 radical (unpaired) electrons. The monoisotopic (exact) mass is 364 g/mol. The zero-order valence-electron chi connectivity index (χ0n) is 16.6. The van der Waals surface area contributed by atoms with Gasteiger partial charge in [-0.2, -0.15) is 0 Å². The van der Waals surface area contributed by atoms with Crippen LogP contribution in [0.25, 0.3) is 0 Å². The quantitative estimate of drug-likeness (QED) is 0.813.